The molecule has 5 rings (SSSR count). The number of rotatable bonds is 9. The van der Waals surface area contributed by atoms with Crippen molar-refractivity contribution in [3.05, 3.63) is 59.4 Å². The van der Waals surface area contributed by atoms with Crippen molar-refractivity contribution in [3.63, 3.8) is 0 Å². The molecule has 1 aromatic carbocycles. The normalized spacial score (nSPS) is 15.0. The Kier molecular flexibility index (Phi) is 9.00. The van der Waals surface area contributed by atoms with Crippen molar-refractivity contribution in [2.45, 2.75) is 59.4 Å². The number of benzene rings is 1. The van der Waals surface area contributed by atoms with Gasteiger partial charge in [-0.05, 0) is 56.1 Å². The Morgan fingerprint density at radius 3 is 2.65 bits per heavy atom. The number of nitrogens with one attached hydrogen (secondary N) is 1. The summed E-state index contributed by atoms with van der Waals surface area (Å²) in [7, 11) is 2.02. The number of amides is 2. The Morgan fingerprint density at radius 1 is 1.19 bits per heavy atom. The molecule has 1 saturated heterocycles. The molecule has 4 heterocycles. The highest BCUT2D eigenvalue weighted by Gasteiger charge is 2.29. The monoisotopic (exact) mass is 603 g/mol. The number of fused-ring (bicyclic) bond motifs is 1. The van der Waals surface area contributed by atoms with E-state index in [1.807, 2.05) is 29.6 Å². The summed E-state index contributed by atoms with van der Waals surface area (Å²) in [5.74, 6) is 1.35. The average molecular weight is 604 g/mol. The summed E-state index contributed by atoms with van der Waals surface area (Å²) in [6, 6.07) is 8.55. The van der Waals surface area contributed by atoms with E-state index in [1.165, 1.54) is 6.07 Å². The zero-order chi connectivity index (χ0) is 30.7. The minimum Gasteiger partial charge on any atom is -0.507 e. The summed E-state index contributed by atoms with van der Waals surface area (Å²) < 4.78 is 1.81. The van der Waals surface area contributed by atoms with E-state index >= 15 is 0 Å². The van der Waals surface area contributed by atoms with Crippen LogP contribution in [-0.4, -0.2) is 74.1 Å². The molecule has 0 saturated carbocycles. The number of carbonyl (C=O) groups excluding carboxylic acids is 2. The molecule has 10 nitrogen and oxygen atoms in total. The number of phenols is 1. The number of carbonyl (C=O) groups is 2. The van der Waals surface area contributed by atoms with Crippen LogP contribution in [0, 0.1) is 11.3 Å². The number of aromatic nitrogens is 4. The number of piperidine rings is 1. The Bertz CT molecular complexity index is 1580. The number of hydrogen-bond donors (Lipinski definition) is 2. The second-order valence-electron chi connectivity index (χ2n) is 12.4. The fraction of sp³-hybridized carbons (Fsp3) is 0.469. The molecule has 3 aromatic heterocycles. The molecular formula is C32H41N7O3S. The number of para-hydroxylation sites is 1. The summed E-state index contributed by atoms with van der Waals surface area (Å²) in [5.41, 5.74) is 1.51. The van der Waals surface area contributed by atoms with Crippen LogP contribution in [0.2, 0.25) is 0 Å². The van der Waals surface area contributed by atoms with E-state index in [0.717, 1.165) is 36.1 Å². The minimum absolute atomic E-state index is 0.0107. The van der Waals surface area contributed by atoms with Crippen molar-refractivity contribution in [3.8, 4) is 17.1 Å². The van der Waals surface area contributed by atoms with Gasteiger partial charge in [0.15, 0.2) is 5.82 Å². The number of aromatic hydroxyl groups is 1. The van der Waals surface area contributed by atoms with E-state index in [-0.39, 0.29) is 34.6 Å². The van der Waals surface area contributed by atoms with Crippen LogP contribution in [0.25, 0.3) is 16.2 Å². The molecule has 0 radical (unpaired) electrons. The average Bonchev–Trinajstić information content (AvgIpc) is 3.62. The van der Waals surface area contributed by atoms with Crippen molar-refractivity contribution in [2.75, 3.05) is 31.6 Å². The van der Waals surface area contributed by atoms with Crippen molar-refractivity contribution in [1.29, 1.82) is 0 Å². The van der Waals surface area contributed by atoms with E-state index in [2.05, 4.69) is 43.0 Å². The Balaban J connectivity index is 1.24. The lowest BCUT2D eigenvalue weighted by Gasteiger charge is -2.36. The third-order valence-electron chi connectivity index (χ3n) is 8.62. The third-order valence-corrected chi connectivity index (χ3v) is 9.51. The van der Waals surface area contributed by atoms with Gasteiger partial charge in [-0.2, -0.15) is 5.10 Å². The van der Waals surface area contributed by atoms with Crippen LogP contribution in [0.5, 0.6) is 5.75 Å². The number of thiazole rings is 1. The Morgan fingerprint density at radius 2 is 1.93 bits per heavy atom. The molecule has 4 aromatic rings. The maximum absolute atomic E-state index is 13.8. The first-order valence-electron chi connectivity index (χ1n) is 14.9. The van der Waals surface area contributed by atoms with Crippen LogP contribution < -0.4 is 10.2 Å². The predicted molar refractivity (Wildman–Crippen MR) is 170 cm³/mol. The third kappa shape index (κ3) is 6.82. The maximum atomic E-state index is 13.8. The molecule has 2 N–H and O–H groups in total. The summed E-state index contributed by atoms with van der Waals surface area (Å²) in [5, 5.41) is 19.2. The van der Waals surface area contributed by atoms with Gasteiger partial charge < -0.3 is 20.2 Å². The highest BCUT2D eigenvalue weighted by atomic mass is 32.1. The first-order chi connectivity index (χ1) is 20.5. The Hall–Kier alpha value is -3.99. The first-order valence-corrected chi connectivity index (χ1v) is 15.8. The standard InChI is InChI=1S/C32H41N7O3S/c1-21(32(2,3)4)37(5)27-19-25(35-28(36-27)24-20-34-39-17-18-43-31(24)39)30(42)38-15-12-22(13-16-38)9-8-14-33-29(41)23-10-6-7-11-26(23)40/h6-7,10-11,17-22,40H,8-9,12-16H2,1-5H3,(H,33,41)/t21-/m1/s1. The fourth-order valence-corrected chi connectivity index (χ4v) is 6.24. The van der Waals surface area contributed by atoms with E-state index in [4.69, 9.17) is 9.97 Å². The Labute approximate surface area is 256 Å². The van der Waals surface area contributed by atoms with Crippen molar-refractivity contribution < 1.29 is 14.7 Å². The van der Waals surface area contributed by atoms with Crippen LogP contribution in [0.4, 0.5) is 5.82 Å². The van der Waals surface area contributed by atoms with Crippen LogP contribution in [0.3, 0.4) is 0 Å². The highest BCUT2D eigenvalue weighted by molar-refractivity contribution is 7.16. The largest absolute Gasteiger partial charge is 0.507 e. The summed E-state index contributed by atoms with van der Waals surface area (Å²) in [4.78, 5) is 40.8. The van der Waals surface area contributed by atoms with Crippen molar-refractivity contribution >= 4 is 33.8 Å². The maximum Gasteiger partial charge on any atom is 0.272 e. The summed E-state index contributed by atoms with van der Waals surface area (Å²) >= 11 is 1.57. The van der Waals surface area contributed by atoms with Gasteiger partial charge >= 0.3 is 0 Å². The SMILES string of the molecule is C[C@@H](N(C)c1cc(C(=O)N2CCC(CCCNC(=O)c3ccccc3O)CC2)nc(-c2cnn3ccsc23)n1)C(C)(C)C. The molecule has 1 aliphatic rings. The number of likely N-dealkylation sites (tertiary alicyclic amines) is 1. The molecular weight excluding hydrogens is 562 g/mol. The predicted octanol–water partition coefficient (Wildman–Crippen LogP) is 5.49. The number of phenolic OH excluding ortho intramolecular Hbond substituents is 1. The molecule has 0 aliphatic carbocycles. The fourth-order valence-electron chi connectivity index (χ4n) is 5.45. The molecule has 228 valence electrons. The number of nitrogens with zero attached hydrogens (tertiary/aromatic N) is 6. The van der Waals surface area contributed by atoms with Gasteiger partial charge in [0.25, 0.3) is 11.8 Å². The van der Waals surface area contributed by atoms with Crippen LogP contribution in [0.15, 0.2) is 48.1 Å². The number of anilines is 1. The second kappa shape index (κ2) is 12.7. The molecule has 0 bridgehead atoms. The van der Waals surface area contributed by atoms with Gasteiger partial charge in [-0.25, -0.2) is 14.5 Å². The minimum atomic E-state index is -0.263. The first kappa shape index (κ1) is 30.5. The molecule has 1 atom stereocenters. The molecule has 43 heavy (non-hydrogen) atoms. The van der Waals surface area contributed by atoms with Gasteiger partial charge in [0.05, 0.1) is 17.3 Å². The zero-order valence-corrected chi connectivity index (χ0v) is 26.4. The lowest BCUT2D eigenvalue weighted by Crippen LogP contribution is -2.41. The van der Waals surface area contributed by atoms with Crippen LogP contribution in [0.1, 0.15) is 74.2 Å². The van der Waals surface area contributed by atoms with Gasteiger partial charge in [-0.3, -0.25) is 9.59 Å². The van der Waals surface area contributed by atoms with Crippen molar-refractivity contribution in [1.82, 2.24) is 29.8 Å². The second-order valence-corrected chi connectivity index (χ2v) is 13.3. The van der Waals surface area contributed by atoms with Crippen molar-refractivity contribution in [2.24, 2.45) is 11.3 Å². The summed E-state index contributed by atoms with van der Waals surface area (Å²) in [6.07, 6.45) is 7.30. The topological polar surface area (TPSA) is 116 Å². The summed E-state index contributed by atoms with van der Waals surface area (Å²) in [6.45, 7) is 10.6. The van der Waals surface area contributed by atoms with Gasteiger partial charge in [-0.15, -0.1) is 11.3 Å². The number of hydrogen-bond acceptors (Lipinski definition) is 8. The van der Waals surface area contributed by atoms with Gasteiger partial charge in [0.2, 0.25) is 0 Å². The van der Waals surface area contributed by atoms with Gasteiger partial charge in [0, 0.05) is 50.4 Å². The quantitative estimate of drug-likeness (QED) is 0.243. The molecule has 2 amide bonds. The smallest absolute Gasteiger partial charge is 0.272 e. The molecule has 1 aliphatic heterocycles. The van der Waals surface area contributed by atoms with E-state index < -0.39 is 0 Å². The van der Waals surface area contributed by atoms with Gasteiger partial charge in [0.1, 0.15) is 22.1 Å². The lowest BCUT2D eigenvalue weighted by molar-refractivity contribution is 0.0679. The van der Waals surface area contributed by atoms with Crippen LogP contribution in [-0.2, 0) is 0 Å². The lowest BCUT2D eigenvalue weighted by atomic mass is 9.87. The van der Waals surface area contributed by atoms with Crippen LogP contribution >= 0.6 is 11.3 Å². The van der Waals surface area contributed by atoms with E-state index in [9.17, 15) is 14.7 Å². The molecule has 1 fully saturated rings. The molecule has 11 heteroatoms. The van der Waals surface area contributed by atoms with E-state index in [0.29, 0.717) is 42.9 Å². The zero-order valence-electron chi connectivity index (χ0n) is 25.6. The molecule has 0 spiro atoms. The molecule has 0 unspecified atom stereocenters. The van der Waals surface area contributed by atoms with E-state index in [1.54, 1.807) is 40.2 Å². The van der Waals surface area contributed by atoms with Gasteiger partial charge in [-0.1, -0.05) is 32.9 Å². The highest BCUT2D eigenvalue weighted by Crippen LogP contribution is 2.31.